The van der Waals surface area contributed by atoms with E-state index in [1.165, 1.54) is 12.4 Å². The van der Waals surface area contributed by atoms with Crippen LogP contribution in [0.5, 0.6) is 0 Å². The Bertz CT molecular complexity index is 1470. The van der Waals surface area contributed by atoms with Crippen molar-refractivity contribution in [3.8, 4) is 6.07 Å². The van der Waals surface area contributed by atoms with Gasteiger partial charge in [-0.3, -0.25) is 24.4 Å². The lowest BCUT2D eigenvalue weighted by Gasteiger charge is -2.37. The average molecular weight is 530 g/mol. The summed E-state index contributed by atoms with van der Waals surface area (Å²) in [6, 6.07) is 3.04. The molecule has 3 aromatic heterocycles. The number of carbonyl (C=O) groups excluding carboxylic acids is 3. The smallest absolute Gasteiger partial charge is 0.289 e. The second kappa shape index (κ2) is 9.45. The molecule has 1 aliphatic carbocycles. The third-order valence-corrected chi connectivity index (χ3v) is 8.07. The number of nitrogens with one attached hydrogen (secondary N) is 2. The largest absolute Gasteiger partial charge is 0.438 e. The van der Waals surface area contributed by atoms with Crippen molar-refractivity contribution in [2.75, 3.05) is 6.54 Å². The van der Waals surface area contributed by atoms with Gasteiger partial charge < -0.3 is 20.0 Å². The van der Waals surface area contributed by atoms with Crippen LogP contribution in [0.3, 0.4) is 0 Å². The molecule has 2 fully saturated rings. The normalized spacial score (nSPS) is 22.9. The van der Waals surface area contributed by atoms with Gasteiger partial charge in [-0.25, -0.2) is 4.98 Å². The molecule has 0 bridgehead atoms. The monoisotopic (exact) mass is 529 g/mol. The van der Waals surface area contributed by atoms with Crippen LogP contribution in [0.4, 0.5) is 0 Å². The number of nitrogens with zero attached hydrogens (tertiary/aromatic N) is 5. The number of amides is 3. The molecule has 0 radical (unpaired) electrons. The van der Waals surface area contributed by atoms with Crippen molar-refractivity contribution in [3.05, 3.63) is 54.6 Å². The van der Waals surface area contributed by atoms with Gasteiger partial charge in [0.1, 0.15) is 18.1 Å². The van der Waals surface area contributed by atoms with Crippen molar-refractivity contribution >= 4 is 28.6 Å². The number of pyridine rings is 2. The summed E-state index contributed by atoms with van der Waals surface area (Å²) in [6.07, 6.45) is 7.22. The number of likely N-dealkylation sites (tertiary alicyclic amines) is 1. The van der Waals surface area contributed by atoms with E-state index in [-0.39, 0.29) is 28.9 Å². The first-order valence-electron chi connectivity index (χ1n) is 12.8. The second-order valence-corrected chi connectivity index (χ2v) is 11.9. The van der Waals surface area contributed by atoms with Crippen molar-refractivity contribution in [1.82, 2.24) is 30.5 Å². The van der Waals surface area contributed by atoms with Crippen molar-refractivity contribution in [3.63, 3.8) is 0 Å². The Morgan fingerprint density at radius 1 is 1.18 bits per heavy atom. The second-order valence-electron chi connectivity index (χ2n) is 11.9. The number of carbonyl (C=O) groups is 3. The van der Waals surface area contributed by atoms with Crippen LogP contribution in [0.1, 0.15) is 56.8 Å². The first kappa shape index (κ1) is 26.3. The Hall–Kier alpha value is -4.33. The summed E-state index contributed by atoms with van der Waals surface area (Å²) in [4.78, 5) is 54.5. The summed E-state index contributed by atoms with van der Waals surface area (Å²) in [6.45, 7) is 10.1. The number of oxazole rings is 1. The lowest BCUT2D eigenvalue weighted by molar-refractivity contribution is -0.143. The molecular formula is C28H31N7O4. The molecule has 3 aromatic rings. The summed E-state index contributed by atoms with van der Waals surface area (Å²) < 4.78 is 5.10. The molecule has 4 heterocycles. The zero-order chi connectivity index (χ0) is 28.1. The highest BCUT2D eigenvalue weighted by atomic mass is 16.3. The van der Waals surface area contributed by atoms with Gasteiger partial charge in [0.2, 0.25) is 17.6 Å². The number of fused-ring (bicyclic) bond motifs is 2. The van der Waals surface area contributed by atoms with E-state index in [0.29, 0.717) is 17.6 Å². The number of hydrogen-bond donors (Lipinski definition) is 2. The molecule has 0 spiro atoms. The van der Waals surface area contributed by atoms with Crippen LogP contribution in [0.25, 0.3) is 10.9 Å². The van der Waals surface area contributed by atoms with Crippen LogP contribution in [-0.2, 0) is 9.59 Å². The van der Waals surface area contributed by atoms with Gasteiger partial charge in [-0.05, 0) is 34.8 Å². The van der Waals surface area contributed by atoms with Gasteiger partial charge in [0.25, 0.3) is 5.91 Å². The molecule has 2 unspecified atom stereocenters. The molecule has 5 atom stereocenters. The van der Waals surface area contributed by atoms with Gasteiger partial charge in [0.05, 0.1) is 17.8 Å². The van der Waals surface area contributed by atoms with E-state index < -0.39 is 35.4 Å². The number of hydrogen-bond acceptors (Lipinski definition) is 8. The third kappa shape index (κ3) is 4.60. The maximum atomic E-state index is 14.0. The molecule has 1 saturated carbocycles. The van der Waals surface area contributed by atoms with E-state index in [2.05, 4.69) is 45.5 Å². The lowest BCUT2D eigenvalue weighted by atomic mass is 9.85. The summed E-state index contributed by atoms with van der Waals surface area (Å²) in [5, 5.41) is 16.4. The van der Waals surface area contributed by atoms with E-state index in [1.54, 1.807) is 23.4 Å². The topological polar surface area (TPSA) is 154 Å². The molecule has 2 N–H and O–H groups in total. The SMILES string of the molecule is CC(C)(C)C(NC(=O)c1cnco1)C(=O)N1C[C@H]2[C@@H]([C@H]1C(=O)NC(C#N)c1cncc3cccnc13)C2(C)C. The minimum absolute atomic E-state index is 0.00841. The number of rotatable bonds is 6. The highest BCUT2D eigenvalue weighted by Gasteiger charge is 2.69. The summed E-state index contributed by atoms with van der Waals surface area (Å²) >= 11 is 0. The number of aromatic nitrogens is 3. The fourth-order valence-electron chi connectivity index (χ4n) is 5.80. The molecule has 2 aliphatic rings. The predicted molar refractivity (Wildman–Crippen MR) is 140 cm³/mol. The summed E-state index contributed by atoms with van der Waals surface area (Å²) in [5.74, 6) is -1.30. The Morgan fingerprint density at radius 3 is 2.62 bits per heavy atom. The standard InChI is InChI=1S/C28H31N7O4/c1-27(2,3)23(34-24(36)19-12-31-14-39-19)26(38)35-13-17-20(28(17,4)5)22(35)25(37)33-18(9-29)16-11-30-10-15-7-6-8-32-21(15)16/h6-8,10-12,14,17-18,20,22-23H,13H2,1-5H3,(H,33,37)(H,34,36)/t17-,18?,20-,22-,23?/m0/s1. The molecule has 1 aliphatic heterocycles. The molecule has 11 nitrogen and oxygen atoms in total. The Balaban J connectivity index is 1.42. The summed E-state index contributed by atoms with van der Waals surface area (Å²) in [7, 11) is 0. The Labute approximate surface area is 226 Å². The van der Waals surface area contributed by atoms with Crippen molar-refractivity contribution < 1.29 is 18.8 Å². The average Bonchev–Trinajstić information content (AvgIpc) is 3.36. The van der Waals surface area contributed by atoms with E-state index in [9.17, 15) is 19.6 Å². The van der Waals surface area contributed by atoms with Crippen LogP contribution in [0, 0.1) is 34.0 Å². The molecule has 0 aromatic carbocycles. The number of piperidine rings is 1. The van der Waals surface area contributed by atoms with Crippen LogP contribution in [-0.4, -0.2) is 56.2 Å². The fourth-order valence-corrected chi connectivity index (χ4v) is 5.80. The van der Waals surface area contributed by atoms with Gasteiger partial charge in [-0.1, -0.05) is 34.6 Å². The van der Waals surface area contributed by atoms with E-state index >= 15 is 0 Å². The molecule has 1 saturated heterocycles. The van der Waals surface area contributed by atoms with Crippen molar-refractivity contribution in [2.24, 2.45) is 22.7 Å². The zero-order valence-corrected chi connectivity index (χ0v) is 22.5. The molecule has 11 heteroatoms. The Morgan fingerprint density at radius 2 is 1.95 bits per heavy atom. The van der Waals surface area contributed by atoms with Gasteiger partial charge >= 0.3 is 0 Å². The van der Waals surface area contributed by atoms with Gasteiger partial charge in [0.15, 0.2) is 6.39 Å². The fraction of sp³-hybridized carbons (Fsp3) is 0.464. The van der Waals surface area contributed by atoms with E-state index in [1.807, 2.05) is 26.8 Å². The van der Waals surface area contributed by atoms with Gasteiger partial charge in [0, 0.05) is 36.1 Å². The minimum atomic E-state index is -1.01. The van der Waals surface area contributed by atoms with E-state index in [0.717, 1.165) is 11.8 Å². The zero-order valence-electron chi connectivity index (χ0n) is 22.5. The first-order valence-corrected chi connectivity index (χ1v) is 12.8. The molecule has 202 valence electrons. The number of nitriles is 1. The van der Waals surface area contributed by atoms with Crippen molar-refractivity contribution in [2.45, 2.75) is 52.7 Å². The molecule has 3 amide bonds. The predicted octanol–water partition coefficient (Wildman–Crippen LogP) is 2.63. The molecular weight excluding hydrogens is 498 g/mol. The first-order chi connectivity index (χ1) is 18.4. The van der Waals surface area contributed by atoms with Crippen LogP contribution in [0.2, 0.25) is 0 Å². The molecule has 39 heavy (non-hydrogen) atoms. The third-order valence-electron chi connectivity index (χ3n) is 8.07. The quantitative estimate of drug-likeness (QED) is 0.494. The van der Waals surface area contributed by atoms with Crippen LogP contribution in [0.15, 0.2) is 47.7 Å². The Kier molecular flexibility index (Phi) is 6.37. The minimum Gasteiger partial charge on any atom is -0.438 e. The van der Waals surface area contributed by atoms with Crippen LogP contribution < -0.4 is 10.6 Å². The summed E-state index contributed by atoms with van der Waals surface area (Å²) in [5.41, 5.74) is 0.264. The maximum absolute atomic E-state index is 14.0. The maximum Gasteiger partial charge on any atom is 0.289 e. The van der Waals surface area contributed by atoms with Crippen LogP contribution >= 0.6 is 0 Å². The van der Waals surface area contributed by atoms with E-state index in [4.69, 9.17) is 4.42 Å². The lowest BCUT2D eigenvalue weighted by Crippen LogP contribution is -2.59. The van der Waals surface area contributed by atoms with Crippen molar-refractivity contribution in [1.29, 1.82) is 5.26 Å². The highest BCUT2D eigenvalue weighted by molar-refractivity contribution is 5.97. The molecule has 5 rings (SSSR count). The van der Waals surface area contributed by atoms with Gasteiger partial charge in [-0.15, -0.1) is 0 Å². The van der Waals surface area contributed by atoms with Gasteiger partial charge in [-0.2, -0.15) is 5.26 Å². The highest BCUT2D eigenvalue weighted by Crippen LogP contribution is 2.65.